The van der Waals surface area contributed by atoms with E-state index in [0.29, 0.717) is 13.1 Å². The van der Waals surface area contributed by atoms with Gasteiger partial charge in [-0.2, -0.15) is 0 Å². The molecule has 37 heavy (non-hydrogen) atoms. The number of aromatic nitrogens is 1. The van der Waals surface area contributed by atoms with Crippen LogP contribution >= 0.6 is 11.3 Å². The first-order chi connectivity index (χ1) is 17.7. The average molecular weight is 535 g/mol. The molecule has 2 amide bonds. The molecular formula is C28H50N6O2S. The number of thiazole rings is 1. The quantitative estimate of drug-likeness (QED) is 0.159. The maximum atomic E-state index is 12.3. The van der Waals surface area contributed by atoms with Crippen molar-refractivity contribution in [2.24, 2.45) is 5.84 Å². The largest absolute Gasteiger partial charge is 0.353 e. The minimum absolute atomic E-state index is 0.00400. The van der Waals surface area contributed by atoms with Crippen LogP contribution in [-0.4, -0.2) is 61.6 Å². The minimum atomic E-state index is -0.287. The van der Waals surface area contributed by atoms with Crippen molar-refractivity contribution < 1.29 is 9.59 Å². The SMILES string of the molecule is C=C(C)c1cnc(-c2ccc(N(CC(=O)NCCNCC)CC(=O)N(C)N)cc2)s1.CC.CC.CCC. The summed E-state index contributed by atoms with van der Waals surface area (Å²) in [5.74, 6) is 5.12. The Morgan fingerprint density at radius 2 is 1.59 bits per heavy atom. The molecule has 0 fully saturated rings. The van der Waals surface area contributed by atoms with E-state index in [-0.39, 0.29) is 24.9 Å². The fourth-order valence-electron chi connectivity index (χ4n) is 2.63. The molecule has 4 N–H and O–H groups in total. The molecule has 2 aromatic rings. The number of amides is 2. The number of rotatable bonds is 11. The summed E-state index contributed by atoms with van der Waals surface area (Å²) in [5.41, 5.74) is 2.70. The first-order valence-corrected chi connectivity index (χ1v) is 14.0. The van der Waals surface area contributed by atoms with Gasteiger partial charge in [-0.25, -0.2) is 10.8 Å². The number of carbonyl (C=O) groups is 2. The van der Waals surface area contributed by atoms with Crippen LogP contribution in [0, 0.1) is 0 Å². The molecule has 0 aliphatic rings. The number of benzene rings is 1. The Hall–Kier alpha value is -2.75. The van der Waals surface area contributed by atoms with Crippen LogP contribution in [0.3, 0.4) is 0 Å². The average Bonchev–Trinajstić information content (AvgIpc) is 3.40. The number of allylic oxidation sites excluding steroid dienone is 1. The molecular weight excluding hydrogens is 484 g/mol. The monoisotopic (exact) mass is 534 g/mol. The highest BCUT2D eigenvalue weighted by molar-refractivity contribution is 7.16. The number of hydrazine groups is 1. The Bertz CT molecular complexity index is 881. The van der Waals surface area contributed by atoms with Gasteiger partial charge >= 0.3 is 0 Å². The van der Waals surface area contributed by atoms with Crippen molar-refractivity contribution in [2.75, 3.05) is 44.7 Å². The lowest BCUT2D eigenvalue weighted by Gasteiger charge is -2.25. The lowest BCUT2D eigenvalue weighted by molar-refractivity contribution is -0.128. The van der Waals surface area contributed by atoms with Crippen LogP contribution in [-0.2, 0) is 9.59 Å². The molecule has 1 aromatic carbocycles. The van der Waals surface area contributed by atoms with E-state index in [1.807, 2.05) is 72.0 Å². The first-order valence-electron chi connectivity index (χ1n) is 13.2. The highest BCUT2D eigenvalue weighted by atomic mass is 32.1. The van der Waals surface area contributed by atoms with Gasteiger partial charge in [0.1, 0.15) is 5.01 Å². The van der Waals surface area contributed by atoms with Gasteiger partial charge in [-0.1, -0.05) is 61.5 Å². The summed E-state index contributed by atoms with van der Waals surface area (Å²) in [4.78, 5) is 31.7. The molecule has 2 rings (SSSR count). The lowest BCUT2D eigenvalue weighted by atomic mass is 10.2. The summed E-state index contributed by atoms with van der Waals surface area (Å²) in [5, 5.41) is 7.93. The van der Waals surface area contributed by atoms with E-state index in [1.165, 1.54) is 13.5 Å². The summed E-state index contributed by atoms with van der Waals surface area (Å²) in [6.45, 7) is 22.3. The zero-order valence-corrected chi connectivity index (χ0v) is 25.3. The van der Waals surface area contributed by atoms with Crippen molar-refractivity contribution >= 4 is 34.4 Å². The van der Waals surface area contributed by atoms with Crippen LogP contribution in [0.1, 0.15) is 66.7 Å². The summed E-state index contributed by atoms with van der Waals surface area (Å²) in [6.07, 6.45) is 3.07. The van der Waals surface area contributed by atoms with E-state index in [2.05, 4.69) is 36.0 Å². The Morgan fingerprint density at radius 1 is 1.03 bits per heavy atom. The Kier molecular flexibility index (Phi) is 22.1. The van der Waals surface area contributed by atoms with Gasteiger partial charge in [0.25, 0.3) is 5.91 Å². The van der Waals surface area contributed by atoms with Crippen LogP contribution in [0.2, 0.25) is 0 Å². The zero-order chi connectivity index (χ0) is 28.8. The van der Waals surface area contributed by atoms with Crippen molar-refractivity contribution in [1.29, 1.82) is 0 Å². The standard InChI is InChI=1S/C21H30N6O2S.C3H8.2C2H6/c1-5-23-10-11-24-19(28)13-27(14-20(29)26(4)22)17-8-6-16(7-9-17)21-25-12-18(30-21)15(2)3;1-3-2;2*1-2/h6-9,12,23H,2,5,10-11,13-14,22H2,1,3-4H3,(H,24,28);3H2,1-2H3;2*1-2H3. The normalized spacial score (nSPS) is 9.35. The second-order valence-electron chi connectivity index (χ2n) is 7.63. The fourth-order valence-corrected chi connectivity index (χ4v) is 3.48. The van der Waals surface area contributed by atoms with Crippen LogP contribution in [0.15, 0.2) is 37.0 Å². The molecule has 1 heterocycles. The van der Waals surface area contributed by atoms with Gasteiger partial charge < -0.3 is 15.5 Å². The van der Waals surface area contributed by atoms with Gasteiger partial charge in [-0.05, 0) is 43.3 Å². The summed E-state index contributed by atoms with van der Waals surface area (Å²) >= 11 is 1.57. The highest BCUT2D eigenvalue weighted by Gasteiger charge is 2.17. The predicted octanol–water partition coefficient (Wildman–Crippen LogP) is 5.18. The Labute approximate surface area is 229 Å². The first kappa shape index (κ1) is 36.4. The van der Waals surface area contributed by atoms with Crippen molar-refractivity contribution in [3.63, 3.8) is 0 Å². The van der Waals surface area contributed by atoms with Crippen LogP contribution in [0.4, 0.5) is 5.69 Å². The molecule has 0 aliphatic carbocycles. The molecule has 0 saturated carbocycles. The second-order valence-corrected chi connectivity index (χ2v) is 8.66. The molecule has 0 radical (unpaired) electrons. The van der Waals surface area contributed by atoms with Gasteiger partial charge in [0.05, 0.1) is 13.1 Å². The topological polar surface area (TPSA) is 104 Å². The van der Waals surface area contributed by atoms with Gasteiger partial charge in [0, 0.05) is 42.5 Å². The Balaban J connectivity index is 0. The number of nitrogens with zero attached hydrogens (tertiary/aromatic N) is 3. The van der Waals surface area contributed by atoms with E-state index in [4.69, 9.17) is 5.84 Å². The van der Waals surface area contributed by atoms with Crippen molar-refractivity contribution in [3.05, 3.63) is 41.9 Å². The van der Waals surface area contributed by atoms with Gasteiger partial charge in [-0.3, -0.25) is 14.6 Å². The number of nitrogens with one attached hydrogen (secondary N) is 2. The predicted molar refractivity (Wildman–Crippen MR) is 162 cm³/mol. The third kappa shape index (κ3) is 15.2. The van der Waals surface area contributed by atoms with Gasteiger partial charge in [0.2, 0.25) is 5.91 Å². The molecule has 0 saturated heterocycles. The van der Waals surface area contributed by atoms with E-state index in [1.54, 1.807) is 16.2 Å². The number of nitrogens with two attached hydrogens (primary N) is 1. The van der Waals surface area contributed by atoms with Crippen LogP contribution < -0.4 is 21.4 Å². The minimum Gasteiger partial charge on any atom is -0.353 e. The number of anilines is 1. The van der Waals surface area contributed by atoms with E-state index >= 15 is 0 Å². The molecule has 0 spiro atoms. The lowest BCUT2D eigenvalue weighted by Crippen LogP contribution is -2.46. The molecule has 0 aliphatic heterocycles. The molecule has 210 valence electrons. The third-order valence-corrected chi connectivity index (χ3v) is 5.54. The number of carbonyl (C=O) groups excluding carboxylic acids is 2. The summed E-state index contributed by atoms with van der Waals surface area (Å²) < 4.78 is 0. The van der Waals surface area contributed by atoms with Crippen molar-refractivity contribution in [1.82, 2.24) is 20.6 Å². The number of hydrogen-bond donors (Lipinski definition) is 3. The van der Waals surface area contributed by atoms with Crippen LogP contribution in [0.5, 0.6) is 0 Å². The molecule has 0 bridgehead atoms. The highest BCUT2D eigenvalue weighted by Crippen LogP contribution is 2.29. The fraction of sp³-hybridized carbons (Fsp3) is 0.536. The summed E-state index contributed by atoms with van der Waals surface area (Å²) in [6, 6.07) is 7.63. The van der Waals surface area contributed by atoms with E-state index < -0.39 is 0 Å². The number of likely N-dealkylation sites (N-methyl/N-ethyl adjacent to an activating group) is 2. The molecule has 9 heteroatoms. The van der Waals surface area contributed by atoms with E-state index in [0.717, 1.165) is 38.3 Å². The molecule has 1 aromatic heterocycles. The van der Waals surface area contributed by atoms with Crippen molar-refractivity contribution in [2.45, 2.75) is 61.8 Å². The Morgan fingerprint density at radius 3 is 2.05 bits per heavy atom. The molecule has 0 unspecified atom stereocenters. The number of hydrogen-bond acceptors (Lipinski definition) is 7. The van der Waals surface area contributed by atoms with Crippen molar-refractivity contribution in [3.8, 4) is 10.6 Å². The van der Waals surface area contributed by atoms with Gasteiger partial charge in [-0.15, -0.1) is 11.3 Å². The zero-order valence-electron chi connectivity index (χ0n) is 24.5. The second kappa shape index (κ2) is 22.4. The van der Waals surface area contributed by atoms with Crippen LogP contribution in [0.25, 0.3) is 16.1 Å². The third-order valence-electron chi connectivity index (χ3n) is 4.33. The molecule has 0 atom stereocenters. The maximum absolute atomic E-state index is 12.3. The molecule has 8 nitrogen and oxygen atoms in total. The van der Waals surface area contributed by atoms with E-state index in [9.17, 15) is 9.59 Å². The smallest absolute Gasteiger partial charge is 0.255 e. The summed E-state index contributed by atoms with van der Waals surface area (Å²) in [7, 11) is 1.49. The van der Waals surface area contributed by atoms with Gasteiger partial charge in [0.15, 0.2) is 0 Å². The maximum Gasteiger partial charge on any atom is 0.255 e.